The van der Waals surface area contributed by atoms with Gasteiger partial charge in [-0.25, -0.2) is 9.97 Å². The van der Waals surface area contributed by atoms with Crippen LogP contribution < -0.4 is 10.5 Å². The monoisotopic (exact) mass is 375 g/mol. The topological polar surface area (TPSA) is 115 Å². The number of nitrogens with two attached hydrogens (primary N) is 1. The molecule has 2 aromatic rings. The van der Waals surface area contributed by atoms with E-state index < -0.39 is 40.6 Å². The molecule has 0 aromatic carbocycles. The van der Waals surface area contributed by atoms with E-state index in [1.54, 1.807) is 0 Å². The zero-order valence-electron chi connectivity index (χ0n) is 13.5. The number of halogens is 4. The summed E-state index contributed by atoms with van der Waals surface area (Å²) in [5.74, 6) is -2.23. The molecule has 2 rings (SSSR count). The van der Waals surface area contributed by atoms with Crippen LogP contribution in [0.25, 0.3) is 0 Å². The summed E-state index contributed by atoms with van der Waals surface area (Å²) in [7, 11) is 0. The van der Waals surface area contributed by atoms with Crippen molar-refractivity contribution in [3.8, 4) is 11.6 Å². The molecule has 0 saturated heterocycles. The number of rotatable bonds is 3. The number of hydrogen-bond acceptors (Lipinski definition) is 5. The molecule has 0 aliphatic carbocycles. The Morgan fingerprint density at radius 3 is 2.35 bits per heavy atom. The molecule has 0 spiro atoms. The predicted octanol–water partition coefficient (Wildman–Crippen LogP) is 2.84. The SMILES string of the molecule is Cc1nc(F)ccc1Oc1ncc(C(F)(F)F)c(C)c1C(N)=O.O=CO. The number of hydrogen-bond donors (Lipinski definition) is 2. The third kappa shape index (κ3) is 4.88. The normalized spacial score (nSPS) is 10.5. The highest BCUT2D eigenvalue weighted by Crippen LogP contribution is 2.36. The Labute approximate surface area is 144 Å². The number of pyridine rings is 2. The maximum Gasteiger partial charge on any atom is 0.418 e. The molecule has 0 radical (unpaired) electrons. The summed E-state index contributed by atoms with van der Waals surface area (Å²) in [6.07, 6.45) is -4.14. The van der Waals surface area contributed by atoms with Gasteiger partial charge in [0, 0.05) is 6.20 Å². The molecular weight excluding hydrogens is 362 g/mol. The lowest BCUT2D eigenvalue weighted by atomic mass is 10.0. The molecule has 2 aromatic heterocycles. The van der Waals surface area contributed by atoms with Crippen LogP contribution in [0.5, 0.6) is 11.6 Å². The Kier molecular flexibility index (Phi) is 6.58. The van der Waals surface area contributed by atoms with Crippen molar-refractivity contribution in [2.45, 2.75) is 20.0 Å². The maximum atomic E-state index is 13.0. The van der Waals surface area contributed by atoms with Crippen molar-refractivity contribution >= 4 is 12.4 Å². The summed E-state index contributed by atoms with van der Waals surface area (Å²) in [4.78, 5) is 26.9. The van der Waals surface area contributed by atoms with E-state index in [2.05, 4.69) is 9.97 Å². The van der Waals surface area contributed by atoms with E-state index in [1.807, 2.05) is 0 Å². The van der Waals surface area contributed by atoms with Crippen LogP contribution in [0.1, 0.15) is 27.2 Å². The third-order valence-corrected chi connectivity index (χ3v) is 3.07. The lowest BCUT2D eigenvalue weighted by Gasteiger charge is -2.15. The molecule has 0 fully saturated rings. The third-order valence-electron chi connectivity index (χ3n) is 3.07. The number of aryl methyl sites for hydroxylation is 1. The van der Waals surface area contributed by atoms with Crippen molar-refractivity contribution in [3.05, 3.63) is 46.7 Å². The molecule has 140 valence electrons. The Bertz CT molecular complexity index is 825. The van der Waals surface area contributed by atoms with Gasteiger partial charge in [0.05, 0.1) is 11.3 Å². The second-order valence-electron chi connectivity index (χ2n) is 4.76. The average Bonchev–Trinajstić information content (AvgIpc) is 2.49. The number of primary amides is 1. The molecule has 0 aliphatic heterocycles. The molecule has 1 amide bonds. The van der Waals surface area contributed by atoms with Gasteiger partial charge in [-0.15, -0.1) is 0 Å². The van der Waals surface area contributed by atoms with E-state index in [-0.39, 0.29) is 17.9 Å². The van der Waals surface area contributed by atoms with Gasteiger partial charge in [-0.2, -0.15) is 17.6 Å². The molecule has 2 heterocycles. The molecule has 0 saturated carbocycles. The van der Waals surface area contributed by atoms with E-state index in [0.29, 0.717) is 6.20 Å². The summed E-state index contributed by atoms with van der Waals surface area (Å²) in [5.41, 5.74) is 3.29. The van der Waals surface area contributed by atoms with E-state index in [1.165, 1.54) is 13.0 Å². The molecule has 0 atom stereocenters. The van der Waals surface area contributed by atoms with Gasteiger partial charge in [0.15, 0.2) is 5.75 Å². The molecule has 26 heavy (non-hydrogen) atoms. The predicted molar refractivity (Wildman–Crippen MR) is 80.2 cm³/mol. The Hall–Kier alpha value is -3.24. The smallest absolute Gasteiger partial charge is 0.418 e. The van der Waals surface area contributed by atoms with Crippen LogP contribution >= 0.6 is 0 Å². The second-order valence-corrected chi connectivity index (χ2v) is 4.76. The Morgan fingerprint density at radius 1 is 1.31 bits per heavy atom. The standard InChI is InChI=1S/C14H11F4N3O2.CH2O2/c1-6-8(14(16,17)18)5-20-13(11(6)12(19)22)23-9-3-4-10(15)21-7(9)2;2-1-3/h3-5H,1-2H3,(H2,19,22);1H,(H,2,3). The number of carbonyl (C=O) groups is 2. The molecule has 7 nitrogen and oxygen atoms in total. The molecule has 0 unspecified atom stereocenters. The van der Waals surface area contributed by atoms with Gasteiger partial charge in [-0.3, -0.25) is 9.59 Å². The lowest BCUT2D eigenvalue weighted by molar-refractivity contribution is -0.138. The fourth-order valence-corrected chi connectivity index (χ4v) is 1.96. The van der Waals surface area contributed by atoms with Gasteiger partial charge in [-0.05, 0) is 31.5 Å². The minimum Gasteiger partial charge on any atom is -0.483 e. The van der Waals surface area contributed by atoms with Crippen LogP contribution in [0, 0.1) is 19.8 Å². The number of carbonyl (C=O) groups excluding carboxylic acids is 1. The Morgan fingerprint density at radius 2 is 1.88 bits per heavy atom. The first-order valence-corrected chi connectivity index (χ1v) is 6.78. The van der Waals surface area contributed by atoms with Gasteiger partial charge in [-0.1, -0.05) is 0 Å². The van der Waals surface area contributed by atoms with Crippen molar-refractivity contribution in [3.63, 3.8) is 0 Å². The second kappa shape index (κ2) is 8.23. The highest BCUT2D eigenvalue weighted by molar-refractivity contribution is 5.97. The van der Waals surface area contributed by atoms with Gasteiger partial charge in [0.1, 0.15) is 5.56 Å². The summed E-state index contributed by atoms with van der Waals surface area (Å²) >= 11 is 0. The first-order valence-electron chi connectivity index (χ1n) is 6.78. The fourth-order valence-electron chi connectivity index (χ4n) is 1.96. The van der Waals surface area contributed by atoms with E-state index >= 15 is 0 Å². The zero-order valence-corrected chi connectivity index (χ0v) is 13.5. The van der Waals surface area contributed by atoms with Gasteiger partial charge in [0.2, 0.25) is 11.8 Å². The summed E-state index contributed by atoms with van der Waals surface area (Å²) in [6, 6.07) is 2.22. The molecule has 11 heteroatoms. The Balaban J connectivity index is 0.00000105. The molecule has 0 aliphatic rings. The average molecular weight is 375 g/mol. The van der Waals surface area contributed by atoms with Crippen LogP contribution in [-0.2, 0) is 11.0 Å². The zero-order chi connectivity index (χ0) is 20.1. The van der Waals surface area contributed by atoms with E-state index in [0.717, 1.165) is 13.0 Å². The number of aromatic nitrogens is 2. The van der Waals surface area contributed by atoms with Crippen molar-refractivity contribution in [2.24, 2.45) is 5.73 Å². The summed E-state index contributed by atoms with van der Waals surface area (Å²) in [6.45, 7) is 2.27. The number of nitrogens with zero attached hydrogens (tertiary/aromatic N) is 2. The largest absolute Gasteiger partial charge is 0.483 e. The van der Waals surface area contributed by atoms with Crippen LogP contribution in [0.3, 0.4) is 0 Å². The van der Waals surface area contributed by atoms with Gasteiger partial charge in [0.25, 0.3) is 12.4 Å². The van der Waals surface area contributed by atoms with Crippen LogP contribution in [0.2, 0.25) is 0 Å². The highest BCUT2D eigenvalue weighted by Gasteiger charge is 2.35. The van der Waals surface area contributed by atoms with Crippen molar-refractivity contribution in [1.82, 2.24) is 9.97 Å². The highest BCUT2D eigenvalue weighted by atomic mass is 19.4. The van der Waals surface area contributed by atoms with Crippen LogP contribution in [0.4, 0.5) is 17.6 Å². The quantitative estimate of drug-likeness (QED) is 0.484. The first-order chi connectivity index (χ1) is 12.0. The molecular formula is C15H13F4N3O4. The van der Waals surface area contributed by atoms with Gasteiger partial charge < -0.3 is 15.6 Å². The maximum absolute atomic E-state index is 13.0. The molecule has 3 N–H and O–H groups in total. The van der Waals surface area contributed by atoms with Gasteiger partial charge >= 0.3 is 6.18 Å². The summed E-state index contributed by atoms with van der Waals surface area (Å²) < 4.78 is 56.9. The van der Waals surface area contributed by atoms with Crippen LogP contribution in [0.15, 0.2) is 18.3 Å². The van der Waals surface area contributed by atoms with Crippen molar-refractivity contribution in [1.29, 1.82) is 0 Å². The first kappa shape index (κ1) is 20.8. The number of carboxylic acid groups (broad SMARTS) is 1. The fraction of sp³-hybridized carbons (Fsp3) is 0.200. The number of alkyl halides is 3. The van der Waals surface area contributed by atoms with Crippen molar-refractivity contribution < 1.29 is 37.0 Å². The minimum atomic E-state index is -4.69. The van der Waals surface area contributed by atoms with Crippen LogP contribution in [-0.4, -0.2) is 27.5 Å². The number of ether oxygens (including phenoxy) is 1. The lowest BCUT2D eigenvalue weighted by Crippen LogP contribution is -2.19. The summed E-state index contributed by atoms with van der Waals surface area (Å²) in [5, 5.41) is 6.89. The van der Waals surface area contributed by atoms with Crippen molar-refractivity contribution in [2.75, 3.05) is 0 Å². The minimum absolute atomic E-state index is 0.0422. The van der Waals surface area contributed by atoms with E-state index in [4.69, 9.17) is 20.4 Å². The molecule has 0 bridgehead atoms. The van der Waals surface area contributed by atoms with E-state index in [9.17, 15) is 22.4 Å². The number of amides is 1.